The van der Waals surface area contributed by atoms with Crippen molar-refractivity contribution in [3.8, 4) is 11.5 Å². The Hall–Kier alpha value is -0.883. The lowest BCUT2D eigenvalue weighted by atomic mass is 9.69. The number of rotatable bonds is 1. The van der Waals surface area contributed by atoms with Crippen molar-refractivity contribution in [3.63, 3.8) is 0 Å². The first kappa shape index (κ1) is 23.5. The number of piperidine rings is 1. The Morgan fingerprint density at radius 3 is 2.44 bits per heavy atom. The highest BCUT2D eigenvalue weighted by Crippen LogP contribution is 2.70. The summed E-state index contributed by atoms with van der Waals surface area (Å²) in [5.41, 5.74) is 3.02. The lowest BCUT2D eigenvalue weighted by molar-refractivity contribution is -0.222. The Morgan fingerprint density at radius 2 is 1.76 bits per heavy atom. The number of amides is 1. The molecule has 0 aromatic rings. The molecule has 8 heteroatoms. The third-order valence-corrected chi connectivity index (χ3v) is 13.5. The molecule has 1 amide bonds. The van der Waals surface area contributed by atoms with Crippen LogP contribution in [0.3, 0.4) is 0 Å². The molecule has 188 valence electrons. The van der Waals surface area contributed by atoms with E-state index >= 15 is 0 Å². The van der Waals surface area contributed by atoms with Crippen molar-refractivity contribution in [3.05, 3.63) is 0 Å². The molecule has 3 aliphatic heterocycles. The van der Waals surface area contributed by atoms with Gasteiger partial charge in [-0.25, -0.2) is 12.7 Å². The van der Waals surface area contributed by atoms with Crippen LogP contribution in [0.4, 0.5) is 0 Å². The van der Waals surface area contributed by atoms with Gasteiger partial charge in [-0.15, -0.1) is 5.54 Å². The van der Waals surface area contributed by atoms with Gasteiger partial charge < -0.3 is 0 Å². The lowest BCUT2D eigenvalue weighted by Crippen LogP contribution is -2.60. The fourth-order valence-corrected chi connectivity index (χ4v) is 12.1. The van der Waals surface area contributed by atoms with E-state index in [0.717, 1.165) is 51.4 Å². The third-order valence-electron chi connectivity index (χ3n) is 10.7. The van der Waals surface area contributed by atoms with E-state index in [1.807, 2.05) is 5.06 Å². The van der Waals surface area contributed by atoms with Crippen molar-refractivity contribution in [2.75, 3.05) is 5.75 Å². The molecule has 34 heavy (non-hydrogen) atoms. The molecule has 0 radical (unpaired) electrons. The number of fused-ring (bicyclic) bond motifs is 1. The number of nitrogens with zero attached hydrogens (tertiary/aromatic N) is 2. The van der Waals surface area contributed by atoms with Gasteiger partial charge in [0.25, 0.3) is 5.91 Å². The molecule has 3 saturated carbocycles. The molecule has 3 aliphatic carbocycles. The Morgan fingerprint density at radius 1 is 1.06 bits per heavy atom. The predicted molar refractivity (Wildman–Crippen MR) is 134 cm³/mol. The molecular weight excluding hydrogens is 464 g/mol. The zero-order chi connectivity index (χ0) is 24.3. The molecule has 0 aromatic heterocycles. The number of hydroxylamine groups is 2. The molecule has 6 rings (SSSR count). The van der Waals surface area contributed by atoms with Crippen LogP contribution in [-0.4, -0.2) is 61.2 Å². The Labute approximate surface area is 206 Å². The number of carbonyl (C=O) groups excluding carboxylic acids is 1. The summed E-state index contributed by atoms with van der Waals surface area (Å²) in [6, 6.07) is -0.693. The standard InChI is InChI=1S/C26H40N2O4SSi/c1-24(2)18-10-14-25(24)17-33(30,31)27(22(25)16-18)23(29)20-9-7-13-26-12-6-8-19(26)21(32-28(20)26)11-15-34(3,4)5/h18-22H,6-10,12-14,16-17H2,1-5H3/t18-,19-,20+,21+,22-,25-,26+/m1/s1. The molecule has 2 bridgehead atoms. The second kappa shape index (κ2) is 7.11. The van der Waals surface area contributed by atoms with E-state index in [1.54, 1.807) is 0 Å². The molecular formula is C26H40N2O4SSi. The summed E-state index contributed by atoms with van der Waals surface area (Å²) in [6.07, 6.45) is 8.50. The quantitative estimate of drug-likeness (QED) is 0.400. The van der Waals surface area contributed by atoms with Crippen LogP contribution in [0, 0.1) is 34.1 Å². The summed E-state index contributed by atoms with van der Waals surface area (Å²) in [6.45, 7) is 11.2. The van der Waals surface area contributed by atoms with E-state index in [4.69, 9.17) is 4.84 Å². The molecule has 0 aromatic carbocycles. The summed E-state index contributed by atoms with van der Waals surface area (Å²) in [4.78, 5) is 20.7. The van der Waals surface area contributed by atoms with Crippen LogP contribution in [0.25, 0.3) is 0 Å². The van der Waals surface area contributed by atoms with Crippen LogP contribution in [0.15, 0.2) is 0 Å². The van der Waals surface area contributed by atoms with Crippen LogP contribution >= 0.6 is 0 Å². The minimum absolute atomic E-state index is 0.0359. The molecule has 2 spiro atoms. The van der Waals surface area contributed by atoms with Crippen LogP contribution in [0.5, 0.6) is 0 Å². The highest BCUT2D eigenvalue weighted by molar-refractivity contribution is 7.90. The van der Waals surface area contributed by atoms with Crippen LogP contribution < -0.4 is 0 Å². The van der Waals surface area contributed by atoms with Gasteiger partial charge in [-0.1, -0.05) is 45.8 Å². The summed E-state index contributed by atoms with van der Waals surface area (Å²) in [5, 5.41) is 1.99. The first-order valence-electron chi connectivity index (χ1n) is 13.4. The smallest absolute Gasteiger partial charge is 0.256 e. The van der Waals surface area contributed by atoms with Crippen LogP contribution in [0.1, 0.15) is 71.6 Å². The normalized spacial score (nSPS) is 46.0. The first-order valence-corrected chi connectivity index (χ1v) is 18.5. The highest BCUT2D eigenvalue weighted by atomic mass is 32.2. The van der Waals surface area contributed by atoms with E-state index in [9.17, 15) is 13.2 Å². The van der Waals surface area contributed by atoms with Crippen LogP contribution in [0.2, 0.25) is 19.6 Å². The molecule has 6 fully saturated rings. The van der Waals surface area contributed by atoms with Gasteiger partial charge in [0.2, 0.25) is 10.0 Å². The van der Waals surface area contributed by atoms with Gasteiger partial charge in [-0.2, -0.15) is 5.06 Å². The molecule has 6 nitrogen and oxygen atoms in total. The number of hydrogen-bond donors (Lipinski definition) is 0. The van der Waals surface area contributed by atoms with Crippen molar-refractivity contribution < 1.29 is 18.0 Å². The van der Waals surface area contributed by atoms with Crippen LogP contribution in [-0.2, 0) is 19.7 Å². The van der Waals surface area contributed by atoms with Gasteiger partial charge in [0.1, 0.15) is 20.2 Å². The first-order chi connectivity index (χ1) is 15.8. The molecule has 3 heterocycles. The average molecular weight is 505 g/mol. The Bertz CT molecular complexity index is 1090. The number of hydrogen-bond acceptors (Lipinski definition) is 5. The van der Waals surface area contributed by atoms with Crippen molar-refractivity contribution in [2.45, 2.75) is 115 Å². The van der Waals surface area contributed by atoms with Crippen molar-refractivity contribution in [2.24, 2.45) is 22.7 Å². The monoisotopic (exact) mass is 504 g/mol. The van der Waals surface area contributed by atoms with E-state index < -0.39 is 24.1 Å². The van der Waals surface area contributed by atoms with Crippen molar-refractivity contribution in [1.29, 1.82) is 0 Å². The number of sulfonamides is 1. The zero-order valence-corrected chi connectivity index (χ0v) is 23.2. The SMILES string of the molecule is CC1(C)[C@@H]2CC[C@]13CS(=O)(=O)N(C(=O)[C@@H]1CCC[C@@]45CCC[C@@H]4[C@H](C#C[Si](C)(C)C)ON15)[C@@H]3C2. The lowest BCUT2D eigenvalue weighted by Gasteiger charge is -2.45. The van der Waals surface area contributed by atoms with E-state index in [1.165, 1.54) is 4.31 Å². The molecule has 0 unspecified atom stereocenters. The maximum atomic E-state index is 14.2. The minimum atomic E-state index is -3.63. The minimum Gasteiger partial charge on any atom is -0.281 e. The van der Waals surface area contributed by atoms with Crippen molar-refractivity contribution >= 4 is 24.0 Å². The molecule has 6 aliphatic rings. The van der Waals surface area contributed by atoms with Gasteiger partial charge in [0.15, 0.2) is 0 Å². The second-order valence-electron chi connectivity index (χ2n) is 13.6. The van der Waals surface area contributed by atoms with E-state index in [-0.39, 0.29) is 40.2 Å². The average Bonchev–Trinajstić information content (AvgIpc) is 3.44. The van der Waals surface area contributed by atoms with Gasteiger partial charge in [0, 0.05) is 11.3 Å². The Kier molecular flexibility index (Phi) is 4.92. The largest absolute Gasteiger partial charge is 0.281 e. The topological polar surface area (TPSA) is 66.9 Å². The maximum absolute atomic E-state index is 14.2. The molecule has 7 atom stereocenters. The van der Waals surface area contributed by atoms with Gasteiger partial charge in [-0.3, -0.25) is 9.63 Å². The van der Waals surface area contributed by atoms with E-state index in [0.29, 0.717) is 18.3 Å². The fraction of sp³-hybridized carbons (Fsp3) is 0.885. The fourth-order valence-electron chi connectivity index (χ4n) is 8.98. The summed E-state index contributed by atoms with van der Waals surface area (Å²) >= 11 is 0. The second-order valence-corrected chi connectivity index (χ2v) is 20.2. The third kappa shape index (κ3) is 2.93. The molecule has 3 saturated heterocycles. The summed E-state index contributed by atoms with van der Waals surface area (Å²) < 4.78 is 28.5. The Balaban J connectivity index is 1.34. The van der Waals surface area contributed by atoms with Gasteiger partial charge in [-0.05, 0) is 62.7 Å². The predicted octanol–water partition coefficient (Wildman–Crippen LogP) is 3.94. The maximum Gasteiger partial charge on any atom is 0.256 e. The summed E-state index contributed by atoms with van der Waals surface area (Å²) in [5.74, 6) is 4.18. The zero-order valence-electron chi connectivity index (χ0n) is 21.4. The highest BCUT2D eigenvalue weighted by Gasteiger charge is 2.73. The van der Waals surface area contributed by atoms with Crippen molar-refractivity contribution in [1.82, 2.24) is 9.37 Å². The van der Waals surface area contributed by atoms with Gasteiger partial charge >= 0.3 is 0 Å². The number of carbonyl (C=O) groups is 1. The van der Waals surface area contributed by atoms with Gasteiger partial charge in [0.05, 0.1) is 17.3 Å². The summed E-state index contributed by atoms with van der Waals surface area (Å²) in [7, 11) is -5.18. The van der Waals surface area contributed by atoms with E-state index in [2.05, 4.69) is 45.0 Å². The molecule has 0 N–H and O–H groups in total.